The van der Waals surface area contributed by atoms with Gasteiger partial charge in [-0.05, 0) is 31.9 Å². The first-order valence-electron chi connectivity index (χ1n) is 6.71. The van der Waals surface area contributed by atoms with Crippen molar-refractivity contribution in [1.82, 2.24) is 5.32 Å². The molecule has 1 atom stereocenters. The van der Waals surface area contributed by atoms with Crippen molar-refractivity contribution >= 4 is 5.97 Å². The third-order valence-electron chi connectivity index (χ3n) is 3.21. The lowest BCUT2D eigenvalue weighted by Crippen LogP contribution is -2.57. The first-order chi connectivity index (χ1) is 9.10. The van der Waals surface area contributed by atoms with Crippen LogP contribution < -0.4 is 5.32 Å². The number of carbonyl (C=O) groups is 1. The molecule has 0 saturated heterocycles. The SMILES string of the molecule is CCOC(=O)C1(NC(C)C)COCc2ccccc21. The Morgan fingerprint density at radius 2 is 2.21 bits per heavy atom. The van der Waals surface area contributed by atoms with Crippen LogP contribution >= 0.6 is 0 Å². The summed E-state index contributed by atoms with van der Waals surface area (Å²) in [5.41, 5.74) is 1.11. The average molecular weight is 263 g/mol. The zero-order chi connectivity index (χ0) is 13.9. The number of benzene rings is 1. The Balaban J connectivity index is 2.47. The molecule has 0 radical (unpaired) electrons. The van der Waals surface area contributed by atoms with E-state index < -0.39 is 5.54 Å². The molecule has 2 rings (SSSR count). The minimum atomic E-state index is -0.890. The van der Waals surface area contributed by atoms with Crippen molar-refractivity contribution in [3.63, 3.8) is 0 Å². The van der Waals surface area contributed by atoms with Gasteiger partial charge in [-0.15, -0.1) is 0 Å². The molecule has 0 spiro atoms. The normalized spacial score (nSPS) is 22.1. The van der Waals surface area contributed by atoms with Crippen molar-refractivity contribution in [2.24, 2.45) is 0 Å². The van der Waals surface area contributed by atoms with E-state index in [0.717, 1.165) is 11.1 Å². The predicted octanol–water partition coefficient (Wildman–Crippen LogP) is 1.97. The zero-order valence-electron chi connectivity index (χ0n) is 11.7. The van der Waals surface area contributed by atoms with Crippen LogP contribution in [-0.4, -0.2) is 25.2 Å². The summed E-state index contributed by atoms with van der Waals surface area (Å²) in [5.74, 6) is -0.268. The highest BCUT2D eigenvalue weighted by Crippen LogP contribution is 2.32. The number of nitrogens with one attached hydrogen (secondary N) is 1. The molecule has 0 saturated carbocycles. The van der Waals surface area contributed by atoms with Gasteiger partial charge in [-0.25, -0.2) is 4.79 Å². The summed E-state index contributed by atoms with van der Waals surface area (Å²) in [7, 11) is 0. The quantitative estimate of drug-likeness (QED) is 0.844. The van der Waals surface area contributed by atoms with Crippen LogP contribution in [0, 0.1) is 0 Å². The van der Waals surface area contributed by atoms with Crippen LogP contribution in [-0.2, 0) is 26.4 Å². The molecule has 0 aromatic heterocycles. The largest absolute Gasteiger partial charge is 0.464 e. The highest BCUT2D eigenvalue weighted by Gasteiger charge is 2.45. The van der Waals surface area contributed by atoms with Crippen LogP contribution in [0.1, 0.15) is 31.9 Å². The minimum Gasteiger partial charge on any atom is -0.464 e. The number of hydrogen-bond acceptors (Lipinski definition) is 4. The molecule has 0 bridgehead atoms. The van der Waals surface area contributed by atoms with E-state index in [4.69, 9.17) is 9.47 Å². The van der Waals surface area contributed by atoms with Gasteiger partial charge in [0.05, 0.1) is 19.8 Å². The number of rotatable bonds is 4. The smallest absolute Gasteiger partial charge is 0.333 e. The van der Waals surface area contributed by atoms with Crippen molar-refractivity contribution in [2.45, 2.75) is 39.0 Å². The van der Waals surface area contributed by atoms with Gasteiger partial charge in [-0.1, -0.05) is 24.3 Å². The first kappa shape index (κ1) is 14.0. The summed E-state index contributed by atoms with van der Waals surface area (Å²) < 4.78 is 10.9. The fourth-order valence-corrected chi connectivity index (χ4v) is 2.55. The summed E-state index contributed by atoms with van der Waals surface area (Å²) in [6.45, 7) is 7.05. The molecule has 1 N–H and O–H groups in total. The summed E-state index contributed by atoms with van der Waals surface area (Å²) >= 11 is 0. The lowest BCUT2D eigenvalue weighted by Gasteiger charge is -2.38. The van der Waals surface area contributed by atoms with E-state index in [1.54, 1.807) is 0 Å². The highest BCUT2D eigenvalue weighted by molar-refractivity contribution is 5.84. The van der Waals surface area contributed by atoms with Gasteiger partial charge in [0.25, 0.3) is 0 Å². The monoisotopic (exact) mass is 263 g/mol. The van der Waals surface area contributed by atoms with Gasteiger partial charge < -0.3 is 9.47 Å². The van der Waals surface area contributed by atoms with Crippen molar-refractivity contribution in [3.8, 4) is 0 Å². The number of fused-ring (bicyclic) bond motifs is 1. The molecule has 0 amide bonds. The molecule has 0 fully saturated rings. The average Bonchev–Trinajstić information content (AvgIpc) is 2.38. The van der Waals surface area contributed by atoms with Crippen LogP contribution in [0.3, 0.4) is 0 Å². The van der Waals surface area contributed by atoms with Crippen LogP contribution in [0.5, 0.6) is 0 Å². The van der Waals surface area contributed by atoms with Crippen LogP contribution in [0.2, 0.25) is 0 Å². The molecule has 0 aliphatic carbocycles. The van der Waals surface area contributed by atoms with E-state index in [1.807, 2.05) is 45.0 Å². The number of esters is 1. The van der Waals surface area contributed by atoms with Gasteiger partial charge in [0.1, 0.15) is 0 Å². The number of ether oxygens (including phenoxy) is 2. The van der Waals surface area contributed by atoms with Gasteiger partial charge in [0.15, 0.2) is 5.54 Å². The van der Waals surface area contributed by atoms with Crippen LogP contribution in [0.25, 0.3) is 0 Å². The van der Waals surface area contributed by atoms with Gasteiger partial charge >= 0.3 is 5.97 Å². The van der Waals surface area contributed by atoms with Crippen molar-refractivity contribution < 1.29 is 14.3 Å². The lowest BCUT2D eigenvalue weighted by atomic mass is 9.84. The van der Waals surface area contributed by atoms with Gasteiger partial charge in [-0.3, -0.25) is 5.32 Å². The minimum absolute atomic E-state index is 0.152. The summed E-state index contributed by atoms with van der Waals surface area (Å²) in [6, 6.07) is 8.02. The Kier molecular flexibility index (Phi) is 4.22. The Morgan fingerprint density at radius 3 is 2.89 bits per heavy atom. The maximum absolute atomic E-state index is 12.5. The summed E-state index contributed by atoms with van der Waals surface area (Å²) in [6.07, 6.45) is 0. The van der Waals surface area contributed by atoms with E-state index in [0.29, 0.717) is 19.8 Å². The third-order valence-corrected chi connectivity index (χ3v) is 3.21. The Labute approximate surface area is 114 Å². The molecule has 4 nitrogen and oxygen atoms in total. The third kappa shape index (κ3) is 2.65. The fraction of sp³-hybridized carbons (Fsp3) is 0.533. The van der Waals surface area contributed by atoms with Crippen molar-refractivity contribution in [1.29, 1.82) is 0 Å². The molecule has 1 aromatic carbocycles. The molecular formula is C15H21NO3. The molecule has 1 aliphatic rings. The highest BCUT2D eigenvalue weighted by atomic mass is 16.5. The molecule has 1 unspecified atom stereocenters. The van der Waals surface area contributed by atoms with Crippen molar-refractivity contribution in [2.75, 3.05) is 13.2 Å². The Bertz CT molecular complexity index is 458. The van der Waals surface area contributed by atoms with Crippen LogP contribution in [0.15, 0.2) is 24.3 Å². The topological polar surface area (TPSA) is 47.6 Å². The molecule has 4 heteroatoms. The van der Waals surface area contributed by atoms with Crippen LogP contribution in [0.4, 0.5) is 0 Å². The van der Waals surface area contributed by atoms with Gasteiger partial charge in [0.2, 0.25) is 0 Å². The second-order valence-electron chi connectivity index (χ2n) is 5.07. The Hall–Kier alpha value is -1.39. The standard InChI is InChI=1S/C15H21NO3/c1-4-19-14(17)15(16-11(2)3)10-18-9-12-7-5-6-8-13(12)15/h5-8,11,16H,4,9-10H2,1-3H3. The zero-order valence-corrected chi connectivity index (χ0v) is 11.7. The van der Waals surface area contributed by atoms with E-state index in [-0.39, 0.29) is 12.0 Å². The molecule has 19 heavy (non-hydrogen) atoms. The molecule has 1 aliphatic heterocycles. The first-order valence-corrected chi connectivity index (χ1v) is 6.71. The van der Waals surface area contributed by atoms with Gasteiger partial charge in [0, 0.05) is 6.04 Å². The summed E-state index contributed by atoms with van der Waals surface area (Å²) in [5, 5.41) is 3.34. The second-order valence-corrected chi connectivity index (χ2v) is 5.07. The number of carbonyl (C=O) groups excluding carboxylic acids is 1. The molecule has 104 valence electrons. The number of hydrogen-bond donors (Lipinski definition) is 1. The molecule has 1 heterocycles. The van der Waals surface area contributed by atoms with E-state index in [9.17, 15) is 4.79 Å². The van der Waals surface area contributed by atoms with Gasteiger partial charge in [-0.2, -0.15) is 0 Å². The van der Waals surface area contributed by atoms with Crippen molar-refractivity contribution in [3.05, 3.63) is 35.4 Å². The lowest BCUT2D eigenvalue weighted by molar-refractivity contribution is -0.157. The molecular weight excluding hydrogens is 242 g/mol. The van der Waals surface area contributed by atoms with E-state index in [1.165, 1.54) is 0 Å². The van der Waals surface area contributed by atoms with E-state index in [2.05, 4.69) is 5.32 Å². The molecule has 1 aromatic rings. The Morgan fingerprint density at radius 1 is 1.47 bits per heavy atom. The predicted molar refractivity (Wildman–Crippen MR) is 72.7 cm³/mol. The fourth-order valence-electron chi connectivity index (χ4n) is 2.55. The maximum Gasteiger partial charge on any atom is 0.333 e. The second kappa shape index (κ2) is 5.72. The summed E-state index contributed by atoms with van der Waals surface area (Å²) in [4.78, 5) is 12.5. The van der Waals surface area contributed by atoms with E-state index >= 15 is 0 Å². The maximum atomic E-state index is 12.5.